The number of nitrogens with one attached hydrogen (secondary N) is 1. The Labute approximate surface area is 133 Å². The minimum atomic E-state index is -3.66. The summed E-state index contributed by atoms with van der Waals surface area (Å²) in [6, 6.07) is 1.55. The third-order valence-corrected chi connectivity index (χ3v) is 5.35. The molecule has 0 bridgehead atoms. The van der Waals surface area contributed by atoms with Crippen LogP contribution in [0.5, 0.6) is 0 Å². The van der Waals surface area contributed by atoms with E-state index in [4.69, 9.17) is 11.6 Å². The zero-order valence-electron chi connectivity index (χ0n) is 11.7. The predicted octanol–water partition coefficient (Wildman–Crippen LogP) is 2.51. The molecule has 1 heterocycles. The monoisotopic (exact) mass is 383 g/mol. The number of rotatable bonds is 7. The van der Waals surface area contributed by atoms with Gasteiger partial charge in [-0.15, -0.1) is 0 Å². The van der Waals surface area contributed by atoms with Gasteiger partial charge in [0.15, 0.2) is 0 Å². The summed E-state index contributed by atoms with van der Waals surface area (Å²) in [4.78, 5) is 5.98. The summed E-state index contributed by atoms with van der Waals surface area (Å²) in [5.41, 5.74) is 0. The van der Waals surface area contributed by atoms with Crippen LogP contribution in [0, 0.1) is 0 Å². The van der Waals surface area contributed by atoms with Crippen molar-refractivity contribution in [2.75, 3.05) is 19.6 Å². The summed E-state index contributed by atoms with van der Waals surface area (Å²) in [6.45, 7) is 8.15. The van der Waals surface area contributed by atoms with Gasteiger partial charge < -0.3 is 0 Å². The van der Waals surface area contributed by atoms with E-state index >= 15 is 0 Å². The molecular weight excluding hydrogens is 366 g/mol. The summed E-state index contributed by atoms with van der Waals surface area (Å²) in [5.74, 6) is 0. The Balaban J connectivity index is 2.83. The van der Waals surface area contributed by atoms with E-state index in [0.29, 0.717) is 11.0 Å². The normalized spacial score (nSPS) is 13.7. The molecule has 1 aromatic rings. The summed E-state index contributed by atoms with van der Waals surface area (Å²) >= 11 is 9.04. The molecular formula is C12H19BrClN3O2S. The van der Waals surface area contributed by atoms with Crippen LogP contribution < -0.4 is 4.72 Å². The van der Waals surface area contributed by atoms with Crippen LogP contribution in [-0.4, -0.2) is 44.0 Å². The molecule has 20 heavy (non-hydrogen) atoms. The topological polar surface area (TPSA) is 62.3 Å². The first-order chi connectivity index (χ1) is 9.31. The minimum Gasteiger partial charge on any atom is -0.300 e. The molecule has 0 unspecified atom stereocenters. The number of halogens is 2. The fourth-order valence-electron chi connectivity index (χ4n) is 1.88. The maximum atomic E-state index is 12.2. The van der Waals surface area contributed by atoms with Crippen LogP contribution >= 0.6 is 27.5 Å². The van der Waals surface area contributed by atoms with Crippen LogP contribution in [0.1, 0.15) is 20.8 Å². The fourth-order valence-corrected chi connectivity index (χ4v) is 3.94. The van der Waals surface area contributed by atoms with Gasteiger partial charge in [0.1, 0.15) is 10.0 Å². The summed E-state index contributed by atoms with van der Waals surface area (Å²) < 4.78 is 27.6. The maximum absolute atomic E-state index is 12.2. The third-order valence-electron chi connectivity index (χ3n) is 3.07. The van der Waals surface area contributed by atoms with Crippen LogP contribution in [0.2, 0.25) is 5.15 Å². The van der Waals surface area contributed by atoms with Crippen molar-refractivity contribution in [3.63, 3.8) is 0 Å². The van der Waals surface area contributed by atoms with Gasteiger partial charge in [-0.05, 0) is 42.0 Å². The lowest BCUT2D eigenvalue weighted by Crippen LogP contribution is -2.42. The minimum absolute atomic E-state index is 0.0136. The number of hydrogen-bond donors (Lipinski definition) is 1. The smallest absolute Gasteiger partial charge is 0.243 e. The largest absolute Gasteiger partial charge is 0.300 e. The number of likely N-dealkylation sites (N-methyl/N-ethyl adjacent to an activating group) is 1. The molecule has 0 saturated carbocycles. The van der Waals surface area contributed by atoms with E-state index in [0.717, 1.165) is 13.1 Å². The molecule has 0 aliphatic carbocycles. The van der Waals surface area contributed by atoms with Crippen molar-refractivity contribution in [3.8, 4) is 0 Å². The highest BCUT2D eigenvalue weighted by Crippen LogP contribution is 2.22. The van der Waals surface area contributed by atoms with Gasteiger partial charge in [-0.3, -0.25) is 4.90 Å². The van der Waals surface area contributed by atoms with Crippen molar-refractivity contribution in [1.29, 1.82) is 0 Å². The van der Waals surface area contributed by atoms with Crippen molar-refractivity contribution in [2.24, 2.45) is 0 Å². The Morgan fingerprint density at radius 1 is 1.45 bits per heavy atom. The summed E-state index contributed by atoms with van der Waals surface area (Å²) in [7, 11) is -3.66. The first-order valence-corrected chi connectivity index (χ1v) is 9.02. The summed E-state index contributed by atoms with van der Waals surface area (Å²) in [6.07, 6.45) is 1.46. The maximum Gasteiger partial charge on any atom is 0.243 e. The Hall–Kier alpha value is -0.210. The molecule has 114 valence electrons. The highest BCUT2D eigenvalue weighted by atomic mass is 79.9. The van der Waals surface area contributed by atoms with Crippen molar-refractivity contribution < 1.29 is 8.42 Å². The van der Waals surface area contributed by atoms with Crippen LogP contribution in [0.15, 0.2) is 21.6 Å². The number of sulfonamides is 1. The van der Waals surface area contributed by atoms with Crippen LogP contribution in [-0.2, 0) is 10.0 Å². The highest BCUT2D eigenvalue weighted by Gasteiger charge is 2.21. The Morgan fingerprint density at radius 3 is 2.60 bits per heavy atom. The first-order valence-electron chi connectivity index (χ1n) is 6.36. The SMILES string of the molecule is CCN(CC)[C@@H](C)CNS(=O)(=O)c1cc(Br)cnc1Cl. The van der Waals surface area contributed by atoms with E-state index in [1.54, 1.807) is 0 Å². The van der Waals surface area contributed by atoms with Crippen LogP contribution in [0.25, 0.3) is 0 Å². The molecule has 0 aliphatic heterocycles. The van der Waals surface area contributed by atoms with Crippen molar-refractivity contribution in [2.45, 2.75) is 31.7 Å². The van der Waals surface area contributed by atoms with Gasteiger partial charge in [-0.2, -0.15) is 0 Å². The van der Waals surface area contributed by atoms with Gasteiger partial charge in [-0.1, -0.05) is 25.4 Å². The molecule has 1 aromatic heterocycles. The van der Waals surface area contributed by atoms with E-state index < -0.39 is 10.0 Å². The molecule has 5 nitrogen and oxygen atoms in total. The van der Waals surface area contributed by atoms with Crippen molar-refractivity contribution in [1.82, 2.24) is 14.6 Å². The lowest BCUT2D eigenvalue weighted by molar-refractivity contribution is 0.232. The quantitative estimate of drug-likeness (QED) is 0.734. The molecule has 0 aliphatic rings. The number of hydrogen-bond acceptors (Lipinski definition) is 4. The average molecular weight is 385 g/mol. The average Bonchev–Trinajstić information content (AvgIpc) is 2.40. The molecule has 0 radical (unpaired) electrons. The van der Waals surface area contributed by atoms with E-state index in [1.807, 2.05) is 20.8 Å². The molecule has 0 aromatic carbocycles. The predicted molar refractivity (Wildman–Crippen MR) is 84.5 cm³/mol. The lowest BCUT2D eigenvalue weighted by Gasteiger charge is -2.26. The van der Waals surface area contributed by atoms with Crippen molar-refractivity contribution >= 4 is 37.6 Å². The van der Waals surface area contributed by atoms with Crippen LogP contribution in [0.4, 0.5) is 0 Å². The molecule has 1 rings (SSSR count). The van der Waals surface area contributed by atoms with Gasteiger partial charge in [-0.25, -0.2) is 18.1 Å². The van der Waals surface area contributed by atoms with Crippen molar-refractivity contribution in [3.05, 3.63) is 21.9 Å². The van der Waals surface area contributed by atoms with E-state index in [2.05, 4.69) is 30.5 Å². The molecule has 0 fully saturated rings. The second-order valence-electron chi connectivity index (χ2n) is 4.36. The number of aromatic nitrogens is 1. The molecule has 8 heteroatoms. The van der Waals surface area contributed by atoms with Gasteiger partial charge in [0.2, 0.25) is 10.0 Å². The van der Waals surface area contributed by atoms with Gasteiger partial charge in [0, 0.05) is 23.3 Å². The second-order valence-corrected chi connectivity index (χ2v) is 7.37. The molecule has 1 N–H and O–H groups in total. The van der Waals surface area contributed by atoms with E-state index in [9.17, 15) is 8.42 Å². The number of pyridine rings is 1. The van der Waals surface area contributed by atoms with Gasteiger partial charge >= 0.3 is 0 Å². The number of nitrogens with zero attached hydrogens (tertiary/aromatic N) is 2. The van der Waals surface area contributed by atoms with Gasteiger partial charge in [0.25, 0.3) is 0 Å². The standard InChI is InChI=1S/C12H19BrClN3O2S/c1-4-17(5-2)9(3)7-16-20(18,19)11-6-10(13)8-15-12(11)14/h6,8-9,16H,4-5,7H2,1-3H3/t9-/m0/s1. The molecule has 0 spiro atoms. The first kappa shape index (κ1) is 17.8. The highest BCUT2D eigenvalue weighted by molar-refractivity contribution is 9.10. The zero-order chi connectivity index (χ0) is 15.3. The van der Waals surface area contributed by atoms with Crippen LogP contribution in [0.3, 0.4) is 0 Å². The molecule has 0 amide bonds. The second kappa shape index (κ2) is 7.70. The van der Waals surface area contributed by atoms with E-state index in [1.165, 1.54) is 12.3 Å². The molecule has 1 atom stereocenters. The zero-order valence-corrected chi connectivity index (χ0v) is 14.9. The Kier molecular flexibility index (Phi) is 6.87. The Morgan fingerprint density at radius 2 is 2.05 bits per heavy atom. The van der Waals surface area contributed by atoms with Gasteiger partial charge in [0.05, 0.1) is 0 Å². The Bertz CT molecular complexity index is 550. The lowest BCUT2D eigenvalue weighted by atomic mass is 10.3. The third kappa shape index (κ3) is 4.66. The van der Waals surface area contributed by atoms with E-state index in [-0.39, 0.29) is 16.1 Å². The fraction of sp³-hybridized carbons (Fsp3) is 0.583. The summed E-state index contributed by atoms with van der Waals surface area (Å²) in [5, 5.41) is -0.0313. The molecule has 0 saturated heterocycles.